The molecule has 0 aromatic carbocycles. The number of nitrogens with zero attached hydrogens (tertiary/aromatic N) is 1. The fourth-order valence-corrected chi connectivity index (χ4v) is 6.90. The van der Waals surface area contributed by atoms with Gasteiger partial charge in [-0.25, -0.2) is 9.59 Å². The lowest BCUT2D eigenvalue weighted by Gasteiger charge is -2.29. The van der Waals surface area contributed by atoms with E-state index in [0.29, 0.717) is 45.2 Å². The van der Waals surface area contributed by atoms with Crippen molar-refractivity contribution in [2.75, 3.05) is 33.0 Å². The van der Waals surface area contributed by atoms with Gasteiger partial charge in [0.2, 0.25) is 29.5 Å². The summed E-state index contributed by atoms with van der Waals surface area (Å²) in [6.07, 6.45) is 17.8. The van der Waals surface area contributed by atoms with Crippen LogP contribution in [0.1, 0.15) is 99.3 Å². The molecule has 16 heteroatoms. The molecular weight excluding hydrogens is 803 g/mol. The standard InChI is InChI=1S/C45H65N5O10S/c1-9-10-19-33(59-44(57)48-27-17-26-46-37(51)21-12-11-15-28-50-39(53)30-36(61-8)42(50)55)20-16-25-47-41(54)40(45(4,5)6)49-38(52)22-14-13-18-31(2)29-32(3)34-23-24-35(58-7)43(56)60-34/h13-14,16,18,22,24-25,29,32-34,36,40H,11-12,15,17,19-21,23,26-28,30H2,1-8H3,(H,46,51)(H,47,54)(H,48,57)(H,49,52)/b18-13-,22-14-,25-16-,31-29+/t32-,33-,34-,36?,40?/m0/s1. The zero-order valence-corrected chi connectivity index (χ0v) is 37.7. The first-order chi connectivity index (χ1) is 29.0. The number of ether oxygens (including phenoxy) is 3. The number of imide groups is 1. The van der Waals surface area contributed by atoms with Crippen molar-refractivity contribution in [3.05, 3.63) is 60.1 Å². The molecule has 0 bridgehead atoms. The number of hydrogen-bond acceptors (Lipinski definition) is 11. The van der Waals surface area contributed by atoms with E-state index in [2.05, 4.69) is 33.1 Å². The van der Waals surface area contributed by atoms with Gasteiger partial charge in [-0.05, 0) is 57.1 Å². The molecule has 2 rings (SSSR count). The molecule has 1 fully saturated rings. The summed E-state index contributed by atoms with van der Waals surface area (Å²) in [7, 11) is 1.43. The first kappa shape index (κ1) is 51.8. The van der Waals surface area contributed by atoms with Crippen LogP contribution in [0.5, 0.6) is 0 Å². The summed E-state index contributed by atoms with van der Waals surface area (Å²) in [6, 6.07) is -0.862. The highest BCUT2D eigenvalue weighted by atomic mass is 32.2. The van der Waals surface area contributed by atoms with Crippen LogP contribution in [0, 0.1) is 23.2 Å². The Bertz CT molecular complexity index is 1750. The first-order valence-electron chi connectivity index (χ1n) is 20.7. The Morgan fingerprint density at radius 3 is 2.43 bits per heavy atom. The van der Waals surface area contributed by atoms with Crippen LogP contribution in [0.15, 0.2) is 60.1 Å². The second-order valence-corrected chi connectivity index (χ2v) is 16.8. The Hall–Kier alpha value is -5.30. The van der Waals surface area contributed by atoms with Gasteiger partial charge in [-0.15, -0.1) is 5.92 Å². The predicted octanol–water partition coefficient (Wildman–Crippen LogP) is 5.14. The van der Waals surface area contributed by atoms with Crippen LogP contribution in [-0.4, -0.2) is 103 Å². The normalized spacial score (nSPS) is 18.6. The Balaban J connectivity index is 1.72. The quantitative estimate of drug-likeness (QED) is 0.0250. The van der Waals surface area contributed by atoms with Gasteiger partial charge < -0.3 is 35.5 Å². The molecule has 1 saturated heterocycles. The molecule has 0 radical (unpaired) electrons. The van der Waals surface area contributed by atoms with E-state index in [1.165, 1.54) is 36.0 Å². The van der Waals surface area contributed by atoms with Gasteiger partial charge in [0.25, 0.3) is 0 Å². The van der Waals surface area contributed by atoms with E-state index >= 15 is 0 Å². The maximum Gasteiger partial charge on any atom is 0.407 e. The predicted molar refractivity (Wildman–Crippen MR) is 235 cm³/mol. The second kappa shape index (κ2) is 27.5. The fraction of sp³-hybridized carbons (Fsp3) is 0.578. The molecule has 0 aromatic heterocycles. The smallest absolute Gasteiger partial charge is 0.407 e. The van der Waals surface area contributed by atoms with E-state index in [4.69, 9.17) is 14.2 Å². The average molecular weight is 868 g/mol. The van der Waals surface area contributed by atoms with Crippen molar-refractivity contribution in [2.45, 2.75) is 123 Å². The van der Waals surface area contributed by atoms with Crippen LogP contribution in [0.3, 0.4) is 0 Å². The highest BCUT2D eigenvalue weighted by Crippen LogP contribution is 2.24. The van der Waals surface area contributed by atoms with E-state index in [1.54, 1.807) is 31.2 Å². The SMILES string of the molecule is CC#CC[C@@H](C/C=C\NC(=O)C(NC(=O)\C=C/C=C\C(C)=C\[C@H](C)[C@@H]1CC=C(OC)C(=O)O1)C(C)(C)C)OC(=O)NCCCNC(=O)CCCCCN1C(=O)CC(SC)C1=O. The van der Waals surface area contributed by atoms with Crippen molar-refractivity contribution in [1.29, 1.82) is 0 Å². The maximum atomic E-state index is 13.2. The molecule has 0 saturated carbocycles. The Kier molecular flexibility index (Phi) is 23.4. The number of carbonyl (C=O) groups excluding carboxylic acids is 7. The van der Waals surface area contributed by atoms with Crippen LogP contribution in [0.4, 0.5) is 4.79 Å². The number of amides is 6. The Morgan fingerprint density at radius 1 is 1.05 bits per heavy atom. The minimum atomic E-state index is -0.862. The average Bonchev–Trinajstić information content (AvgIpc) is 3.49. The highest BCUT2D eigenvalue weighted by molar-refractivity contribution is 8.00. The van der Waals surface area contributed by atoms with E-state index in [0.717, 1.165) is 12.0 Å². The van der Waals surface area contributed by atoms with Crippen molar-refractivity contribution in [3.8, 4) is 11.8 Å². The van der Waals surface area contributed by atoms with Gasteiger partial charge in [-0.2, -0.15) is 11.8 Å². The first-order valence-corrected chi connectivity index (χ1v) is 22.0. The molecule has 2 heterocycles. The lowest BCUT2D eigenvalue weighted by Crippen LogP contribution is -2.52. The zero-order valence-electron chi connectivity index (χ0n) is 36.9. The molecule has 61 heavy (non-hydrogen) atoms. The molecule has 2 aliphatic heterocycles. The van der Waals surface area contributed by atoms with Crippen LogP contribution < -0.4 is 21.3 Å². The minimum absolute atomic E-state index is 0.0402. The van der Waals surface area contributed by atoms with E-state index in [9.17, 15) is 33.6 Å². The van der Waals surface area contributed by atoms with Crippen molar-refractivity contribution < 1.29 is 47.8 Å². The molecule has 15 nitrogen and oxygen atoms in total. The van der Waals surface area contributed by atoms with Crippen molar-refractivity contribution in [1.82, 2.24) is 26.2 Å². The molecule has 0 aliphatic carbocycles. The monoisotopic (exact) mass is 867 g/mol. The Morgan fingerprint density at radius 2 is 1.77 bits per heavy atom. The molecular formula is C45H65N5O10S. The van der Waals surface area contributed by atoms with Crippen molar-refractivity contribution >= 4 is 53.4 Å². The molecule has 0 spiro atoms. The molecule has 0 aromatic rings. The number of cyclic esters (lactones) is 1. The molecule has 336 valence electrons. The van der Waals surface area contributed by atoms with Gasteiger partial charge in [-0.1, -0.05) is 76.0 Å². The summed E-state index contributed by atoms with van der Waals surface area (Å²) in [6.45, 7) is 12.1. The van der Waals surface area contributed by atoms with Crippen molar-refractivity contribution in [2.24, 2.45) is 11.3 Å². The summed E-state index contributed by atoms with van der Waals surface area (Å²) in [5.41, 5.74) is 0.303. The number of alkyl carbamates (subject to hydrolysis) is 1. The van der Waals surface area contributed by atoms with E-state index in [1.807, 2.05) is 53.0 Å². The largest absolute Gasteiger partial charge is 0.490 e. The summed E-state index contributed by atoms with van der Waals surface area (Å²) in [4.78, 5) is 88.2. The Labute approximate surface area is 365 Å². The fourth-order valence-electron chi connectivity index (χ4n) is 6.26. The van der Waals surface area contributed by atoms with Crippen LogP contribution in [-0.2, 0) is 43.0 Å². The second-order valence-electron chi connectivity index (χ2n) is 15.8. The third kappa shape index (κ3) is 19.8. The van der Waals surface area contributed by atoms with E-state index < -0.39 is 41.4 Å². The van der Waals surface area contributed by atoms with Crippen LogP contribution in [0.2, 0.25) is 0 Å². The highest BCUT2D eigenvalue weighted by Gasteiger charge is 2.37. The number of rotatable bonds is 24. The number of carbonyl (C=O) groups is 7. The number of likely N-dealkylation sites (tertiary alicyclic amines) is 1. The number of unbranched alkanes of at least 4 members (excludes halogenated alkanes) is 2. The molecule has 4 N–H and O–H groups in total. The maximum absolute atomic E-state index is 13.2. The summed E-state index contributed by atoms with van der Waals surface area (Å²) in [5, 5.41) is 10.7. The van der Waals surface area contributed by atoms with Crippen LogP contribution >= 0.6 is 11.8 Å². The van der Waals surface area contributed by atoms with Gasteiger partial charge in [0.15, 0.2) is 5.76 Å². The number of hydrogen-bond donors (Lipinski definition) is 4. The lowest BCUT2D eigenvalue weighted by molar-refractivity contribution is -0.151. The number of nitrogens with one attached hydrogen (secondary N) is 4. The van der Waals surface area contributed by atoms with Crippen molar-refractivity contribution in [3.63, 3.8) is 0 Å². The molecule has 5 atom stereocenters. The number of esters is 1. The molecule has 2 aliphatic rings. The van der Waals surface area contributed by atoms with Gasteiger partial charge >= 0.3 is 12.1 Å². The number of allylic oxidation sites excluding steroid dienone is 4. The summed E-state index contributed by atoms with van der Waals surface area (Å²) in [5.74, 6) is 4.16. The molecule has 6 amide bonds. The van der Waals surface area contributed by atoms with E-state index in [-0.39, 0.29) is 66.6 Å². The minimum Gasteiger partial charge on any atom is -0.490 e. The molecule has 2 unspecified atom stereocenters. The van der Waals surface area contributed by atoms with Gasteiger partial charge in [0.1, 0.15) is 18.2 Å². The summed E-state index contributed by atoms with van der Waals surface area (Å²) < 4.78 is 16.0. The summed E-state index contributed by atoms with van der Waals surface area (Å²) >= 11 is 1.39. The van der Waals surface area contributed by atoms with Crippen LogP contribution in [0.25, 0.3) is 0 Å². The lowest BCUT2D eigenvalue weighted by atomic mass is 9.86. The van der Waals surface area contributed by atoms with Gasteiger partial charge in [-0.3, -0.25) is 28.9 Å². The topological polar surface area (TPSA) is 199 Å². The number of thioether (sulfide) groups is 1. The van der Waals surface area contributed by atoms with Gasteiger partial charge in [0, 0.05) is 63.7 Å². The third-order valence-electron chi connectivity index (χ3n) is 9.70. The zero-order chi connectivity index (χ0) is 45.4. The van der Waals surface area contributed by atoms with Gasteiger partial charge in [0.05, 0.1) is 12.4 Å². The number of methoxy groups -OCH3 is 1. The third-order valence-corrected chi connectivity index (χ3v) is 10.6.